The van der Waals surface area contributed by atoms with Gasteiger partial charge in [-0.25, -0.2) is 9.18 Å². The number of rotatable bonds is 5. The summed E-state index contributed by atoms with van der Waals surface area (Å²) in [5.74, 6) is -2.01. The predicted molar refractivity (Wildman–Crippen MR) is 66.3 cm³/mol. The molecule has 0 aliphatic rings. The number of nitrogens with one attached hydrogen (secondary N) is 1. The molecule has 5 nitrogen and oxygen atoms in total. The number of carboxylic acid groups (broad SMARTS) is 1. The summed E-state index contributed by atoms with van der Waals surface area (Å²) in [5, 5.41) is 11.2. The van der Waals surface area contributed by atoms with E-state index >= 15 is 0 Å². The van der Waals surface area contributed by atoms with Crippen molar-refractivity contribution in [3.05, 3.63) is 30.1 Å². The van der Waals surface area contributed by atoms with E-state index in [4.69, 9.17) is 9.84 Å². The fraction of sp³-hybridized carbons (Fsp3) is 0.385. The maximum Gasteiger partial charge on any atom is 0.328 e. The van der Waals surface area contributed by atoms with Gasteiger partial charge in [0.2, 0.25) is 0 Å². The topological polar surface area (TPSA) is 75.6 Å². The van der Waals surface area contributed by atoms with Gasteiger partial charge in [0.25, 0.3) is 5.91 Å². The van der Waals surface area contributed by atoms with Gasteiger partial charge < -0.3 is 15.2 Å². The molecule has 1 unspecified atom stereocenters. The number of ether oxygens (including phenoxy) is 1. The first-order valence-corrected chi connectivity index (χ1v) is 5.70. The second kappa shape index (κ2) is 5.69. The number of carboxylic acids is 1. The summed E-state index contributed by atoms with van der Waals surface area (Å²) in [5.41, 5.74) is -1.39. The maximum absolute atomic E-state index is 12.9. The summed E-state index contributed by atoms with van der Waals surface area (Å²) in [6, 6.07) is 5.36. The molecule has 19 heavy (non-hydrogen) atoms. The third kappa shape index (κ3) is 4.24. The van der Waals surface area contributed by atoms with Crippen molar-refractivity contribution in [3.8, 4) is 5.75 Å². The number of carbonyl (C=O) groups is 2. The third-order valence-corrected chi connectivity index (χ3v) is 2.45. The van der Waals surface area contributed by atoms with Crippen LogP contribution in [-0.4, -0.2) is 28.6 Å². The molecule has 0 bridgehead atoms. The van der Waals surface area contributed by atoms with E-state index in [0.29, 0.717) is 0 Å². The Morgan fingerprint density at radius 1 is 1.42 bits per heavy atom. The first kappa shape index (κ1) is 14.9. The van der Waals surface area contributed by atoms with Crippen molar-refractivity contribution in [2.75, 3.05) is 0 Å². The van der Waals surface area contributed by atoms with Crippen molar-refractivity contribution in [1.82, 2.24) is 5.32 Å². The van der Waals surface area contributed by atoms with Crippen LogP contribution in [0.15, 0.2) is 24.3 Å². The van der Waals surface area contributed by atoms with E-state index in [1.54, 1.807) is 0 Å². The molecular weight excluding hydrogens is 253 g/mol. The number of hydrogen-bond donors (Lipinski definition) is 2. The molecule has 2 N–H and O–H groups in total. The van der Waals surface area contributed by atoms with Crippen molar-refractivity contribution < 1.29 is 23.8 Å². The molecular formula is C13H16FNO4. The third-order valence-electron chi connectivity index (χ3n) is 2.45. The van der Waals surface area contributed by atoms with Crippen molar-refractivity contribution in [3.63, 3.8) is 0 Å². The van der Waals surface area contributed by atoms with Gasteiger partial charge in [-0.2, -0.15) is 0 Å². The Labute approximate surface area is 110 Å². The van der Waals surface area contributed by atoms with Crippen LogP contribution >= 0.6 is 0 Å². The lowest BCUT2D eigenvalue weighted by molar-refractivity contribution is -0.147. The second-order valence-electron chi connectivity index (χ2n) is 4.64. The molecule has 1 atom stereocenters. The van der Waals surface area contributed by atoms with Crippen LogP contribution in [0.1, 0.15) is 20.8 Å². The zero-order valence-electron chi connectivity index (χ0n) is 10.9. The average molecular weight is 269 g/mol. The fourth-order valence-corrected chi connectivity index (χ4v) is 1.26. The van der Waals surface area contributed by atoms with Gasteiger partial charge in [-0.3, -0.25) is 4.79 Å². The molecule has 0 aromatic heterocycles. The smallest absolute Gasteiger partial charge is 0.328 e. The van der Waals surface area contributed by atoms with Crippen LogP contribution in [0.5, 0.6) is 5.75 Å². The Morgan fingerprint density at radius 3 is 2.58 bits per heavy atom. The van der Waals surface area contributed by atoms with E-state index < -0.39 is 29.3 Å². The van der Waals surface area contributed by atoms with E-state index in [0.717, 1.165) is 6.07 Å². The highest BCUT2D eigenvalue weighted by molar-refractivity contribution is 5.88. The quantitative estimate of drug-likeness (QED) is 0.850. The molecule has 0 heterocycles. The van der Waals surface area contributed by atoms with E-state index in [9.17, 15) is 14.0 Å². The van der Waals surface area contributed by atoms with Gasteiger partial charge in [-0.15, -0.1) is 0 Å². The van der Waals surface area contributed by atoms with E-state index in [-0.39, 0.29) is 5.75 Å². The molecule has 1 aromatic carbocycles. The highest BCUT2D eigenvalue weighted by atomic mass is 19.1. The van der Waals surface area contributed by atoms with Crippen molar-refractivity contribution >= 4 is 11.9 Å². The SMILES string of the molecule is CC(Oc1cccc(F)c1)C(=O)NC(C)(C)C(=O)O. The second-order valence-corrected chi connectivity index (χ2v) is 4.64. The van der Waals surface area contributed by atoms with Crippen molar-refractivity contribution in [2.45, 2.75) is 32.4 Å². The average Bonchev–Trinajstić information content (AvgIpc) is 2.28. The molecule has 0 spiro atoms. The lowest BCUT2D eigenvalue weighted by Crippen LogP contribution is -2.53. The Kier molecular flexibility index (Phi) is 4.47. The molecule has 0 aliphatic heterocycles. The summed E-state index contributed by atoms with van der Waals surface area (Å²) >= 11 is 0. The standard InChI is InChI=1S/C13H16FNO4/c1-8(11(16)15-13(2,3)12(17)18)19-10-6-4-5-9(14)7-10/h4-8H,1-3H3,(H,15,16)(H,17,18). The molecule has 0 radical (unpaired) electrons. The van der Waals surface area contributed by atoms with E-state index in [1.165, 1.54) is 39.0 Å². The lowest BCUT2D eigenvalue weighted by atomic mass is 10.1. The first-order chi connectivity index (χ1) is 8.72. The Balaban J connectivity index is 2.66. The van der Waals surface area contributed by atoms with Crippen LogP contribution < -0.4 is 10.1 Å². The summed E-state index contributed by atoms with van der Waals surface area (Å²) < 4.78 is 18.2. The lowest BCUT2D eigenvalue weighted by Gasteiger charge is -2.23. The molecule has 0 saturated carbocycles. The molecule has 1 aromatic rings. The minimum atomic E-state index is -1.39. The molecule has 1 amide bonds. The summed E-state index contributed by atoms with van der Waals surface area (Å²) in [6.07, 6.45) is -0.930. The predicted octanol–water partition coefficient (Wildman–Crippen LogP) is 1.57. The number of carbonyl (C=O) groups excluding carboxylic acids is 1. The van der Waals surface area contributed by atoms with Gasteiger partial charge in [-0.1, -0.05) is 6.07 Å². The largest absolute Gasteiger partial charge is 0.481 e. The molecule has 104 valence electrons. The summed E-state index contributed by atoms with van der Waals surface area (Å²) in [6.45, 7) is 4.18. The Bertz CT molecular complexity index is 487. The molecule has 0 saturated heterocycles. The molecule has 1 rings (SSSR count). The van der Waals surface area contributed by atoms with Crippen LogP contribution in [0.2, 0.25) is 0 Å². The Hall–Kier alpha value is -2.11. The minimum absolute atomic E-state index is 0.204. The van der Waals surface area contributed by atoms with Crippen LogP contribution in [0.3, 0.4) is 0 Å². The first-order valence-electron chi connectivity index (χ1n) is 5.70. The monoisotopic (exact) mass is 269 g/mol. The van der Waals surface area contributed by atoms with Crippen molar-refractivity contribution in [1.29, 1.82) is 0 Å². The Morgan fingerprint density at radius 2 is 2.05 bits per heavy atom. The van der Waals surface area contributed by atoms with Gasteiger partial charge in [0, 0.05) is 6.07 Å². The highest BCUT2D eigenvalue weighted by Gasteiger charge is 2.31. The zero-order chi connectivity index (χ0) is 14.6. The minimum Gasteiger partial charge on any atom is -0.481 e. The van der Waals surface area contributed by atoms with Gasteiger partial charge in [-0.05, 0) is 32.9 Å². The summed E-state index contributed by atoms with van der Waals surface area (Å²) in [4.78, 5) is 22.6. The molecule has 6 heteroatoms. The van der Waals surface area contributed by atoms with Crippen LogP contribution in [0, 0.1) is 5.82 Å². The van der Waals surface area contributed by atoms with Crippen molar-refractivity contribution in [2.24, 2.45) is 0 Å². The molecule has 0 aliphatic carbocycles. The highest BCUT2D eigenvalue weighted by Crippen LogP contribution is 2.14. The number of amides is 1. The summed E-state index contributed by atoms with van der Waals surface area (Å²) in [7, 11) is 0. The number of halogens is 1. The number of benzene rings is 1. The van der Waals surface area contributed by atoms with Crippen LogP contribution in [0.4, 0.5) is 4.39 Å². The number of aliphatic carboxylic acids is 1. The molecule has 0 fully saturated rings. The van der Waals surface area contributed by atoms with Gasteiger partial charge in [0.05, 0.1) is 0 Å². The van der Waals surface area contributed by atoms with Crippen LogP contribution in [-0.2, 0) is 9.59 Å². The maximum atomic E-state index is 12.9. The zero-order valence-corrected chi connectivity index (χ0v) is 10.9. The normalized spacial score (nSPS) is 12.6. The van der Waals surface area contributed by atoms with E-state index in [2.05, 4.69) is 5.32 Å². The van der Waals surface area contributed by atoms with Gasteiger partial charge in [0.15, 0.2) is 6.10 Å². The van der Waals surface area contributed by atoms with Gasteiger partial charge in [0.1, 0.15) is 17.1 Å². The van der Waals surface area contributed by atoms with Gasteiger partial charge >= 0.3 is 5.97 Å². The van der Waals surface area contributed by atoms with Crippen LogP contribution in [0.25, 0.3) is 0 Å². The number of hydrogen-bond acceptors (Lipinski definition) is 3. The van der Waals surface area contributed by atoms with E-state index in [1.807, 2.05) is 0 Å². The fourth-order valence-electron chi connectivity index (χ4n) is 1.26.